The van der Waals surface area contributed by atoms with Gasteiger partial charge in [0, 0.05) is 24.5 Å². The highest BCUT2D eigenvalue weighted by Gasteiger charge is 2.30. The lowest BCUT2D eigenvalue weighted by molar-refractivity contribution is -0.142. The van der Waals surface area contributed by atoms with Crippen LogP contribution in [0, 0.1) is 13.8 Å². The Morgan fingerprint density at radius 3 is 2.36 bits per heavy atom. The van der Waals surface area contributed by atoms with Gasteiger partial charge in [-0.25, -0.2) is 0 Å². The Morgan fingerprint density at radius 1 is 0.970 bits per heavy atom. The first kappa shape index (κ1) is 24.5. The lowest BCUT2D eigenvalue weighted by Crippen LogP contribution is -2.51. The summed E-state index contributed by atoms with van der Waals surface area (Å²) >= 11 is 3.49. The second-order valence-electron chi connectivity index (χ2n) is 7.96. The first-order valence-electron chi connectivity index (χ1n) is 10.9. The van der Waals surface area contributed by atoms with Crippen LogP contribution in [0.15, 0.2) is 77.3 Å². The average molecular weight is 509 g/mol. The number of likely N-dealkylation sites (N-methyl/N-ethyl adjacent to an activating group) is 1. The predicted octanol–water partition coefficient (Wildman–Crippen LogP) is 4.83. The maximum Gasteiger partial charge on any atom is 0.261 e. The van der Waals surface area contributed by atoms with Crippen LogP contribution in [0.3, 0.4) is 0 Å². The van der Waals surface area contributed by atoms with Gasteiger partial charge in [0.25, 0.3) is 5.91 Å². The van der Waals surface area contributed by atoms with E-state index in [1.54, 1.807) is 11.9 Å². The number of amides is 2. The lowest BCUT2D eigenvalue weighted by atomic mass is 10.0. The monoisotopic (exact) mass is 508 g/mol. The minimum absolute atomic E-state index is 0.152. The Kier molecular flexibility index (Phi) is 8.66. The highest BCUT2D eigenvalue weighted by molar-refractivity contribution is 9.10. The maximum atomic E-state index is 13.5. The van der Waals surface area contributed by atoms with Gasteiger partial charge in [-0.05, 0) is 54.3 Å². The summed E-state index contributed by atoms with van der Waals surface area (Å²) in [6.07, 6.45) is 0.406. The summed E-state index contributed by atoms with van der Waals surface area (Å²) in [6.45, 7) is 4.11. The molecular weight excluding hydrogens is 480 g/mol. The van der Waals surface area contributed by atoms with E-state index >= 15 is 0 Å². The number of hydrogen-bond donors (Lipinski definition) is 1. The summed E-state index contributed by atoms with van der Waals surface area (Å²) in [5.74, 6) is 0.208. The Morgan fingerprint density at radius 2 is 1.67 bits per heavy atom. The van der Waals surface area contributed by atoms with E-state index in [1.807, 2.05) is 86.6 Å². The standard InChI is InChI=1S/C27H29BrN2O3/c1-19-9-7-14-25(20(19)2)33-18-26(31)30(17-22-12-8-13-23(28)15-22)24(27(32)29-3)16-21-10-5-4-6-11-21/h4-15,24H,16-18H2,1-3H3,(H,29,32)/t24-/m0/s1. The van der Waals surface area contributed by atoms with Crippen LogP contribution < -0.4 is 10.1 Å². The smallest absolute Gasteiger partial charge is 0.261 e. The second kappa shape index (κ2) is 11.7. The van der Waals surface area contributed by atoms with E-state index in [-0.39, 0.29) is 18.4 Å². The van der Waals surface area contributed by atoms with E-state index in [4.69, 9.17) is 4.74 Å². The van der Waals surface area contributed by atoms with Crippen molar-refractivity contribution in [2.75, 3.05) is 13.7 Å². The molecule has 1 N–H and O–H groups in total. The fourth-order valence-corrected chi connectivity index (χ4v) is 4.10. The molecule has 0 saturated carbocycles. The molecule has 0 fully saturated rings. The summed E-state index contributed by atoms with van der Waals surface area (Å²) < 4.78 is 6.82. The first-order chi connectivity index (χ1) is 15.9. The molecule has 0 saturated heterocycles. The van der Waals surface area contributed by atoms with Crippen LogP contribution in [-0.2, 0) is 22.6 Å². The van der Waals surface area contributed by atoms with Gasteiger partial charge in [-0.1, -0.05) is 70.5 Å². The molecule has 0 spiro atoms. The van der Waals surface area contributed by atoms with Gasteiger partial charge >= 0.3 is 0 Å². The zero-order valence-corrected chi connectivity index (χ0v) is 20.8. The molecule has 0 aliphatic rings. The van der Waals surface area contributed by atoms with Crippen molar-refractivity contribution in [3.63, 3.8) is 0 Å². The fourth-order valence-electron chi connectivity index (χ4n) is 3.66. The molecule has 2 amide bonds. The van der Waals surface area contributed by atoms with Gasteiger partial charge in [0.2, 0.25) is 5.91 Å². The molecule has 3 aromatic rings. The molecule has 33 heavy (non-hydrogen) atoms. The minimum atomic E-state index is -0.675. The molecule has 5 nitrogen and oxygen atoms in total. The summed E-state index contributed by atoms with van der Waals surface area (Å²) in [7, 11) is 1.59. The number of aryl methyl sites for hydroxylation is 1. The summed E-state index contributed by atoms with van der Waals surface area (Å²) in [5, 5.41) is 2.73. The third-order valence-electron chi connectivity index (χ3n) is 5.67. The van der Waals surface area contributed by atoms with Crippen molar-refractivity contribution in [1.29, 1.82) is 0 Å². The van der Waals surface area contributed by atoms with Crippen LogP contribution >= 0.6 is 15.9 Å². The van der Waals surface area contributed by atoms with Gasteiger partial charge in [-0.2, -0.15) is 0 Å². The number of ether oxygens (including phenoxy) is 1. The highest BCUT2D eigenvalue weighted by atomic mass is 79.9. The largest absolute Gasteiger partial charge is 0.483 e. The number of halogens is 1. The third kappa shape index (κ3) is 6.68. The van der Waals surface area contributed by atoms with Crippen molar-refractivity contribution >= 4 is 27.7 Å². The number of rotatable bonds is 9. The van der Waals surface area contributed by atoms with Crippen LogP contribution in [0.5, 0.6) is 5.75 Å². The molecule has 0 bridgehead atoms. The molecule has 172 valence electrons. The Hall–Kier alpha value is -3.12. The van der Waals surface area contributed by atoms with Crippen molar-refractivity contribution in [1.82, 2.24) is 10.2 Å². The molecule has 3 aromatic carbocycles. The minimum Gasteiger partial charge on any atom is -0.483 e. The van der Waals surface area contributed by atoms with Gasteiger partial charge in [0.1, 0.15) is 11.8 Å². The molecule has 0 aromatic heterocycles. The van der Waals surface area contributed by atoms with E-state index < -0.39 is 6.04 Å². The normalized spacial score (nSPS) is 11.5. The van der Waals surface area contributed by atoms with Crippen LogP contribution in [0.4, 0.5) is 0 Å². The number of hydrogen-bond acceptors (Lipinski definition) is 3. The fraction of sp³-hybridized carbons (Fsp3) is 0.259. The van der Waals surface area contributed by atoms with E-state index in [0.29, 0.717) is 18.7 Å². The van der Waals surface area contributed by atoms with Crippen molar-refractivity contribution in [2.24, 2.45) is 0 Å². The van der Waals surface area contributed by atoms with Crippen molar-refractivity contribution in [2.45, 2.75) is 32.9 Å². The summed E-state index contributed by atoms with van der Waals surface area (Å²) in [6, 6.07) is 22.6. The second-order valence-corrected chi connectivity index (χ2v) is 8.87. The summed E-state index contributed by atoms with van der Waals surface area (Å²) in [4.78, 5) is 28.0. The van der Waals surface area contributed by atoms with Crippen LogP contribution in [0.1, 0.15) is 22.3 Å². The predicted molar refractivity (Wildman–Crippen MR) is 134 cm³/mol. The lowest BCUT2D eigenvalue weighted by Gasteiger charge is -2.31. The van der Waals surface area contributed by atoms with Gasteiger partial charge in [-0.3, -0.25) is 9.59 Å². The molecule has 0 aliphatic carbocycles. The van der Waals surface area contributed by atoms with Crippen LogP contribution in [-0.4, -0.2) is 36.4 Å². The van der Waals surface area contributed by atoms with E-state index in [0.717, 1.165) is 26.7 Å². The number of nitrogens with zero attached hydrogens (tertiary/aromatic N) is 1. The van der Waals surface area contributed by atoms with E-state index in [1.165, 1.54) is 0 Å². The third-order valence-corrected chi connectivity index (χ3v) is 6.16. The quantitative estimate of drug-likeness (QED) is 0.450. The number of benzene rings is 3. The highest BCUT2D eigenvalue weighted by Crippen LogP contribution is 2.22. The topological polar surface area (TPSA) is 58.6 Å². The number of carbonyl (C=O) groups is 2. The van der Waals surface area contributed by atoms with Crippen molar-refractivity contribution in [3.8, 4) is 5.75 Å². The molecule has 0 unspecified atom stereocenters. The van der Waals surface area contributed by atoms with Crippen molar-refractivity contribution in [3.05, 3.63) is 99.5 Å². The van der Waals surface area contributed by atoms with Crippen LogP contribution in [0.25, 0.3) is 0 Å². The summed E-state index contributed by atoms with van der Waals surface area (Å²) in [5.41, 5.74) is 3.99. The molecule has 0 heterocycles. The first-order valence-corrected chi connectivity index (χ1v) is 11.7. The van der Waals surface area contributed by atoms with Gasteiger partial charge in [0.15, 0.2) is 6.61 Å². The maximum absolute atomic E-state index is 13.5. The van der Waals surface area contributed by atoms with Crippen LogP contribution in [0.2, 0.25) is 0 Å². The zero-order chi connectivity index (χ0) is 23.8. The average Bonchev–Trinajstić information content (AvgIpc) is 2.82. The van der Waals surface area contributed by atoms with Gasteiger partial charge in [0.05, 0.1) is 0 Å². The van der Waals surface area contributed by atoms with E-state index in [2.05, 4.69) is 21.2 Å². The zero-order valence-electron chi connectivity index (χ0n) is 19.2. The molecule has 6 heteroatoms. The van der Waals surface area contributed by atoms with Gasteiger partial charge in [-0.15, -0.1) is 0 Å². The number of nitrogens with one attached hydrogen (secondary N) is 1. The van der Waals surface area contributed by atoms with Crippen molar-refractivity contribution < 1.29 is 14.3 Å². The number of carbonyl (C=O) groups excluding carboxylic acids is 2. The SMILES string of the molecule is CNC(=O)[C@H](Cc1ccccc1)N(Cc1cccc(Br)c1)C(=O)COc1cccc(C)c1C. The Labute approximate surface area is 203 Å². The molecular formula is C27H29BrN2O3. The molecule has 1 atom stereocenters. The molecule has 0 aliphatic heterocycles. The molecule has 3 rings (SSSR count). The van der Waals surface area contributed by atoms with E-state index in [9.17, 15) is 9.59 Å². The Bertz CT molecular complexity index is 1100. The Balaban J connectivity index is 1.89. The molecule has 0 radical (unpaired) electrons. The van der Waals surface area contributed by atoms with Gasteiger partial charge < -0.3 is 15.0 Å².